The predicted octanol–water partition coefficient (Wildman–Crippen LogP) is 1.45. The van der Waals surface area contributed by atoms with Gasteiger partial charge in [0.05, 0.1) is 12.4 Å². The van der Waals surface area contributed by atoms with Gasteiger partial charge in [-0.25, -0.2) is 4.98 Å². The third kappa shape index (κ3) is 4.76. The molecule has 0 bridgehead atoms. The van der Waals surface area contributed by atoms with Crippen LogP contribution in [0.2, 0.25) is 0 Å². The molecule has 1 aromatic rings. The maximum absolute atomic E-state index is 11.0. The first-order valence-electron chi connectivity index (χ1n) is 6.27. The fourth-order valence-electron chi connectivity index (χ4n) is 2.16. The van der Waals surface area contributed by atoms with Gasteiger partial charge < -0.3 is 4.74 Å². The smallest absolute Gasteiger partial charge is 0.264 e. The van der Waals surface area contributed by atoms with Crippen LogP contribution in [0.1, 0.15) is 31.5 Å². The van der Waals surface area contributed by atoms with Gasteiger partial charge in [-0.3, -0.25) is 4.18 Å². The Labute approximate surface area is 113 Å². The van der Waals surface area contributed by atoms with Crippen LogP contribution in [0, 0.1) is 6.92 Å². The van der Waals surface area contributed by atoms with Crippen LogP contribution >= 0.6 is 0 Å². The van der Waals surface area contributed by atoms with Crippen LogP contribution in [0.4, 0.5) is 0 Å². The van der Waals surface area contributed by atoms with Gasteiger partial charge in [-0.2, -0.15) is 13.4 Å². The van der Waals surface area contributed by atoms with Gasteiger partial charge in [-0.05, 0) is 32.6 Å². The molecule has 7 heteroatoms. The molecule has 19 heavy (non-hydrogen) atoms. The highest BCUT2D eigenvalue weighted by Gasteiger charge is 2.25. The Hall–Kier alpha value is -1.21. The molecule has 0 unspecified atom stereocenters. The van der Waals surface area contributed by atoms with Gasteiger partial charge in [-0.15, -0.1) is 0 Å². The molecular weight excluding hydrogens is 268 g/mol. The molecule has 0 N–H and O–H groups in total. The lowest BCUT2D eigenvalue weighted by Crippen LogP contribution is -2.29. The molecule has 106 valence electrons. The first kappa shape index (κ1) is 14.2. The molecule has 0 saturated heterocycles. The standard InChI is InChI=1S/C12H18N2O4S/c1-9-13-8-7-12(14-9)17-10-3-5-11(6-4-10)18-19(2,15)16/h7-8,10-11H,3-6H2,1-2H3. The fraction of sp³-hybridized carbons (Fsp3) is 0.667. The molecule has 0 aliphatic heterocycles. The summed E-state index contributed by atoms with van der Waals surface area (Å²) in [6.45, 7) is 1.81. The Morgan fingerprint density at radius 1 is 1.21 bits per heavy atom. The summed E-state index contributed by atoms with van der Waals surface area (Å²) >= 11 is 0. The molecule has 1 fully saturated rings. The van der Waals surface area contributed by atoms with Crippen molar-refractivity contribution in [2.75, 3.05) is 6.26 Å². The van der Waals surface area contributed by atoms with Crippen LogP contribution < -0.4 is 4.74 Å². The monoisotopic (exact) mass is 286 g/mol. The van der Waals surface area contributed by atoms with Crippen LogP contribution in [0.3, 0.4) is 0 Å². The van der Waals surface area contributed by atoms with Gasteiger partial charge in [0.15, 0.2) is 0 Å². The van der Waals surface area contributed by atoms with Crippen LogP contribution in [-0.2, 0) is 14.3 Å². The number of aromatic nitrogens is 2. The Bertz CT molecular complexity index is 524. The van der Waals surface area contributed by atoms with E-state index in [1.165, 1.54) is 0 Å². The van der Waals surface area contributed by atoms with E-state index in [2.05, 4.69) is 9.97 Å². The number of hydrogen-bond acceptors (Lipinski definition) is 6. The van der Waals surface area contributed by atoms with Crippen molar-refractivity contribution in [3.8, 4) is 5.88 Å². The van der Waals surface area contributed by atoms with E-state index in [-0.39, 0.29) is 12.2 Å². The maximum Gasteiger partial charge on any atom is 0.264 e. The van der Waals surface area contributed by atoms with Gasteiger partial charge in [0, 0.05) is 12.3 Å². The molecule has 0 radical (unpaired) electrons. The zero-order chi connectivity index (χ0) is 13.9. The lowest BCUT2D eigenvalue weighted by molar-refractivity contribution is 0.0817. The van der Waals surface area contributed by atoms with Crippen molar-refractivity contribution < 1.29 is 17.3 Å². The van der Waals surface area contributed by atoms with Gasteiger partial charge >= 0.3 is 0 Å². The molecule has 1 aliphatic rings. The molecule has 0 spiro atoms. The Morgan fingerprint density at radius 3 is 2.42 bits per heavy atom. The third-order valence-corrected chi connectivity index (χ3v) is 3.59. The van der Waals surface area contributed by atoms with Gasteiger partial charge in [0.2, 0.25) is 5.88 Å². The Kier molecular flexibility index (Phi) is 4.36. The van der Waals surface area contributed by atoms with Crippen molar-refractivity contribution in [3.05, 3.63) is 18.1 Å². The zero-order valence-corrected chi connectivity index (χ0v) is 11.9. The molecule has 1 heterocycles. The van der Waals surface area contributed by atoms with Crippen molar-refractivity contribution in [1.29, 1.82) is 0 Å². The van der Waals surface area contributed by atoms with Crippen LogP contribution in [-0.4, -0.2) is 36.8 Å². The van der Waals surface area contributed by atoms with Crippen LogP contribution in [0.5, 0.6) is 5.88 Å². The molecule has 2 rings (SSSR count). The molecule has 6 nitrogen and oxygen atoms in total. The summed E-state index contributed by atoms with van der Waals surface area (Å²) in [5, 5.41) is 0. The molecule has 1 aliphatic carbocycles. The molecule has 0 amide bonds. The Morgan fingerprint density at radius 2 is 1.84 bits per heavy atom. The average molecular weight is 286 g/mol. The van der Waals surface area contributed by atoms with E-state index in [4.69, 9.17) is 8.92 Å². The van der Waals surface area contributed by atoms with E-state index in [1.54, 1.807) is 12.3 Å². The normalized spacial score (nSPS) is 24.1. The molecule has 0 aromatic carbocycles. The van der Waals surface area contributed by atoms with Crippen molar-refractivity contribution >= 4 is 10.1 Å². The van der Waals surface area contributed by atoms with Crippen molar-refractivity contribution in [1.82, 2.24) is 9.97 Å². The topological polar surface area (TPSA) is 78.4 Å². The lowest BCUT2D eigenvalue weighted by Gasteiger charge is -2.27. The number of nitrogens with zero attached hydrogens (tertiary/aromatic N) is 2. The summed E-state index contributed by atoms with van der Waals surface area (Å²) in [5.74, 6) is 1.24. The fourth-order valence-corrected chi connectivity index (χ4v) is 2.85. The summed E-state index contributed by atoms with van der Waals surface area (Å²) < 4.78 is 32.8. The molecular formula is C12H18N2O4S. The average Bonchev–Trinajstić information content (AvgIpc) is 2.30. The summed E-state index contributed by atoms with van der Waals surface area (Å²) in [7, 11) is -3.37. The first-order chi connectivity index (χ1) is 8.92. The number of aryl methyl sites for hydroxylation is 1. The van der Waals surface area contributed by atoms with Gasteiger partial charge in [0.25, 0.3) is 10.1 Å². The summed E-state index contributed by atoms with van der Waals surface area (Å²) in [6, 6.07) is 1.73. The minimum absolute atomic E-state index is 0.0636. The SMILES string of the molecule is Cc1nccc(OC2CCC(OS(C)(=O)=O)CC2)n1. The van der Waals surface area contributed by atoms with Crippen molar-refractivity contribution in [2.45, 2.75) is 44.8 Å². The van der Waals surface area contributed by atoms with Crippen LogP contribution in [0.15, 0.2) is 12.3 Å². The maximum atomic E-state index is 11.0. The molecule has 1 aromatic heterocycles. The van der Waals surface area contributed by atoms with Crippen molar-refractivity contribution in [3.63, 3.8) is 0 Å². The van der Waals surface area contributed by atoms with Crippen molar-refractivity contribution in [2.24, 2.45) is 0 Å². The van der Waals surface area contributed by atoms with E-state index < -0.39 is 10.1 Å². The second kappa shape index (κ2) is 5.83. The number of ether oxygens (including phenoxy) is 1. The number of rotatable bonds is 4. The first-order valence-corrected chi connectivity index (χ1v) is 8.08. The highest BCUT2D eigenvalue weighted by molar-refractivity contribution is 7.86. The van der Waals surface area contributed by atoms with E-state index in [0.717, 1.165) is 19.1 Å². The minimum Gasteiger partial charge on any atom is -0.474 e. The summed E-state index contributed by atoms with van der Waals surface area (Å²) in [5.41, 5.74) is 0. The van der Waals surface area contributed by atoms with E-state index in [9.17, 15) is 8.42 Å². The van der Waals surface area contributed by atoms with Crippen LogP contribution in [0.25, 0.3) is 0 Å². The summed E-state index contributed by atoms with van der Waals surface area (Å²) in [4.78, 5) is 8.19. The quantitative estimate of drug-likeness (QED) is 0.780. The lowest BCUT2D eigenvalue weighted by atomic mass is 9.95. The number of hydrogen-bond donors (Lipinski definition) is 0. The second-order valence-electron chi connectivity index (χ2n) is 4.76. The summed E-state index contributed by atoms with van der Waals surface area (Å²) in [6.07, 6.45) is 5.49. The third-order valence-electron chi connectivity index (χ3n) is 2.97. The zero-order valence-electron chi connectivity index (χ0n) is 11.1. The molecule has 0 atom stereocenters. The van der Waals surface area contributed by atoms with Gasteiger partial charge in [0.1, 0.15) is 11.9 Å². The van der Waals surface area contributed by atoms with E-state index >= 15 is 0 Å². The predicted molar refractivity (Wildman–Crippen MR) is 69.4 cm³/mol. The largest absolute Gasteiger partial charge is 0.474 e. The van der Waals surface area contributed by atoms with Gasteiger partial charge in [-0.1, -0.05) is 0 Å². The minimum atomic E-state index is -3.37. The van der Waals surface area contributed by atoms with E-state index in [1.807, 2.05) is 6.92 Å². The Balaban J connectivity index is 1.84. The van der Waals surface area contributed by atoms with E-state index in [0.29, 0.717) is 24.5 Å². The second-order valence-corrected chi connectivity index (χ2v) is 6.36. The highest BCUT2D eigenvalue weighted by atomic mass is 32.2. The highest BCUT2D eigenvalue weighted by Crippen LogP contribution is 2.25. The molecule has 1 saturated carbocycles.